The number of ether oxygens (including phenoxy) is 1. The number of benzene rings is 1. The third kappa shape index (κ3) is 5.20. The van der Waals surface area contributed by atoms with Crippen LogP contribution in [0.5, 0.6) is 0 Å². The molecule has 0 aromatic heterocycles. The molecule has 1 saturated heterocycles. The van der Waals surface area contributed by atoms with Gasteiger partial charge in [0.2, 0.25) is 10.0 Å². The van der Waals surface area contributed by atoms with Crippen LogP contribution in [0.3, 0.4) is 0 Å². The van der Waals surface area contributed by atoms with Crippen molar-refractivity contribution in [2.24, 2.45) is 5.92 Å². The molecule has 25 heavy (non-hydrogen) atoms. The minimum absolute atomic E-state index is 0.0104. The summed E-state index contributed by atoms with van der Waals surface area (Å²) in [4.78, 5) is 0. The zero-order valence-electron chi connectivity index (χ0n) is 14.5. The largest absolute Gasteiger partial charge is 0.396 e. The summed E-state index contributed by atoms with van der Waals surface area (Å²) in [7, 11) is -3.51. The molecule has 0 spiro atoms. The highest BCUT2D eigenvalue weighted by Gasteiger charge is 2.27. The van der Waals surface area contributed by atoms with Crippen LogP contribution in [0.4, 0.5) is 8.78 Å². The summed E-state index contributed by atoms with van der Waals surface area (Å²) in [5.74, 6) is -1.55. The molecule has 0 saturated carbocycles. The summed E-state index contributed by atoms with van der Waals surface area (Å²) in [5.41, 5.74) is 0.112. The normalized spacial score (nSPS) is 16.9. The fraction of sp³-hybridized carbons (Fsp3) is 0.647. The molecular weight excluding hydrogens is 352 g/mol. The van der Waals surface area contributed by atoms with E-state index in [1.807, 2.05) is 6.92 Å². The zero-order chi connectivity index (χ0) is 18.6. The molecule has 1 aliphatic heterocycles. The molecule has 5 nitrogen and oxygen atoms in total. The number of aliphatic hydroxyl groups excluding tert-OH is 1. The lowest BCUT2D eigenvalue weighted by Crippen LogP contribution is -2.31. The summed E-state index contributed by atoms with van der Waals surface area (Å²) in [6, 6.07) is 2.12. The molecule has 1 heterocycles. The van der Waals surface area contributed by atoms with E-state index in [2.05, 4.69) is 0 Å². The average Bonchev–Trinajstić information content (AvgIpc) is 2.48. The molecular formula is C17H25F2NO4S. The van der Waals surface area contributed by atoms with Crippen molar-refractivity contribution in [3.05, 3.63) is 34.9 Å². The van der Waals surface area contributed by atoms with Gasteiger partial charge in [0.15, 0.2) is 0 Å². The minimum atomic E-state index is -3.51. The Morgan fingerprint density at radius 1 is 1.32 bits per heavy atom. The first kappa shape index (κ1) is 20.2. The molecule has 142 valence electrons. The third-order valence-corrected chi connectivity index (χ3v) is 5.69. The van der Waals surface area contributed by atoms with E-state index in [9.17, 15) is 22.3 Å². The van der Waals surface area contributed by atoms with Gasteiger partial charge in [0.05, 0.1) is 26.1 Å². The van der Waals surface area contributed by atoms with Crippen LogP contribution in [0, 0.1) is 17.6 Å². The Morgan fingerprint density at radius 2 is 2.00 bits per heavy atom. The molecule has 8 heteroatoms. The smallest absolute Gasteiger partial charge is 0.211 e. The predicted octanol–water partition coefficient (Wildman–Crippen LogP) is 2.25. The number of hydrogen-bond acceptors (Lipinski definition) is 4. The van der Waals surface area contributed by atoms with E-state index < -0.39 is 27.6 Å². The Labute approximate surface area is 147 Å². The lowest BCUT2D eigenvalue weighted by molar-refractivity contribution is -0.0406. The van der Waals surface area contributed by atoms with Crippen LogP contribution >= 0.6 is 0 Å². The number of sulfonamides is 1. The molecule has 1 aliphatic rings. The maximum atomic E-state index is 14.5. The predicted molar refractivity (Wildman–Crippen MR) is 90.7 cm³/mol. The van der Waals surface area contributed by atoms with Crippen molar-refractivity contribution in [2.75, 3.05) is 32.6 Å². The zero-order valence-corrected chi connectivity index (χ0v) is 15.4. The average molecular weight is 377 g/mol. The highest BCUT2D eigenvalue weighted by Crippen LogP contribution is 2.30. The van der Waals surface area contributed by atoms with Crippen molar-refractivity contribution in [2.45, 2.75) is 32.2 Å². The molecule has 1 unspecified atom stereocenters. The van der Waals surface area contributed by atoms with Crippen molar-refractivity contribution in [1.29, 1.82) is 0 Å². The van der Waals surface area contributed by atoms with Gasteiger partial charge in [-0.15, -0.1) is 0 Å². The van der Waals surface area contributed by atoms with Crippen LogP contribution < -0.4 is 0 Å². The SMILES string of the molecule is CCCN(Cc1cc(F)c(C(CO)CC2COC2)cc1F)S(C)(=O)=O. The van der Waals surface area contributed by atoms with E-state index in [-0.39, 0.29) is 36.7 Å². The Morgan fingerprint density at radius 3 is 2.48 bits per heavy atom. The second-order valence-electron chi connectivity index (χ2n) is 6.58. The molecule has 2 rings (SSSR count). The maximum Gasteiger partial charge on any atom is 0.211 e. The quantitative estimate of drug-likeness (QED) is 0.717. The monoisotopic (exact) mass is 377 g/mol. The lowest BCUT2D eigenvalue weighted by atomic mass is 9.87. The van der Waals surface area contributed by atoms with Crippen LogP contribution in [0.1, 0.15) is 36.8 Å². The molecule has 1 fully saturated rings. The Balaban J connectivity index is 2.23. The number of rotatable bonds is 9. The van der Waals surface area contributed by atoms with Gasteiger partial charge >= 0.3 is 0 Å². The van der Waals surface area contributed by atoms with E-state index in [0.29, 0.717) is 26.1 Å². The van der Waals surface area contributed by atoms with E-state index in [4.69, 9.17) is 4.74 Å². The van der Waals surface area contributed by atoms with Gasteiger partial charge < -0.3 is 9.84 Å². The Kier molecular flexibility index (Phi) is 6.90. The molecule has 0 amide bonds. The number of halogens is 2. The Hall–Kier alpha value is -1.09. The van der Waals surface area contributed by atoms with Crippen LogP contribution in [-0.2, 0) is 21.3 Å². The maximum absolute atomic E-state index is 14.5. The van der Waals surface area contributed by atoms with E-state index in [1.165, 1.54) is 0 Å². The van der Waals surface area contributed by atoms with Gasteiger partial charge in [-0.2, -0.15) is 4.31 Å². The molecule has 0 radical (unpaired) electrons. The highest BCUT2D eigenvalue weighted by molar-refractivity contribution is 7.88. The fourth-order valence-electron chi connectivity index (χ4n) is 2.96. The first-order chi connectivity index (χ1) is 11.8. The van der Waals surface area contributed by atoms with Gasteiger partial charge in [-0.25, -0.2) is 17.2 Å². The summed E-state index contributed by atoms with van der Waals surface area (Å²) in [6.45, 7) is 2.70. The Bertz CT molecular complexity index is 692. The summed E-state index contributed by atoms with van der Waals surface area (Å²) >= 11 is 0. The summed E-state index contributed by atoms with van der Waals surface area (Å²) < 4.78 is 58.7. The first-order valence-corrected chi connectivity index (χ1v) is 10.2. The molecule has 0 bridgehead atoms. The van der Waals surface area contributed by atoms with Crippen molar-refractivity contribution >= 4 is 10.0 Å². The van der Waals surface area contributed by atoms with Crippen molar-refractivity contribution in [1.82, 2.24) is 4.31 Å². The van der Waals surface area contributed by atoms with Gasteiger partial charge in [-0.05, 0) is 30.5 Å². The minimum Gasteiger partial charge on any atom is -0.396 e. The van der Waals surface area contributed by atoms with E-state index in [1.54, 1.807) is 0 Å². The van der Waals surface area contributed by atoms with Gasteiger partial charge in [0.25, 0.3) is 0 Å². The number of nitrogens with zero attached hydrogens (tertiary/aromatic N) is 1. The standard InChI is InChI=1S/C17H25F2NO4S/c1-3-4-20(25(2,22)23)8-13-6-17(19)15(7-16(13)18)14(9-21)5-12-10-24-11-12/h6-7,12,14,21H,3-5,8-11H2,1-2H3. The van der Waals surface area contributed by atoms with E-state index in [0.717, 1.165) is 22.7 Å². The molecule has 1 aromatic rings. The first-order valence-electron chi connectivity index (χ1n) is 8.37. The van der Waals surface area contributed by atoms with Crippen molar-refractivity contribution < 1.29 is 27.0 Å². The summed E-state index contributed by atoms with van der Waals surface area (Å²) in [6.07, 6.45) is 2.15. The molecule has 0 aliphatic carbocycles. The molecule has 1 atom stereocenters. The van der Waals surface area contributed by atoms with E-state index >= 15 is 0 Å². The van der Waals surface area contributed by atoms with Crippen LogP contribution in [0.15, 0.2) is 12.1 Å². The van der Waals surface area contributed by atoms with Crippen LogP contribution in [-0.4, -0.2) is 50.5 Å². The molecule has 1 N–H and O–H groups in total. The molecule has 1 aromatic carbocycles. The van der Waals surface area contributed by atoms with Gasteiger partial charge in [-0.3, -0.25) is 0 Å². The number of aliphatic hydroxyl groups is 1. The van der Waals surface area contributed by atoms with Gasteiger partial charge in [-0.1, -0.05) is 6.92 Å². The second kappa shape index (κ2) is 8.53. The fourth-order valence-corrected chi connectivity index (χ4v) is 3.85. The third-order valence-electron chi connectivity index (χ3n) is 4.44. The van der Waals surface area contributed by atoms with Crippen molar-refractivity contribution in [3.63, 3.8) is 0 Å². The lowest BCUT2D eigenvalue weighted by Gasteiger charge is -2.29. The van der Waals surface area contributed by atoms with Crippen LogP contribution in [0.2, 0.25) is 0 Å². The number of hydrogen-bond donors (Lipinski definition) is 1. The van der Waals surface area contributed by atoms with Gasteiger partial charge in [0, 0.05) is 30.5 Å². The van der Waals surface area contributed by atoms with Crippen molar-refractivity contribution in [3.8, 4) is 0 Å². The van der Waals surface area contributed by atoms with Gasteiger partial charge in [0.1, 0.15) is 11.6 Å². The second-order valence-corrected chi connectivity index (χ2v) is 8.56. The highest BCUT2D eigenvalue weighted by atomic mass is 32.2. The van der Waals surface area contributed by atoms with Crippen LogP contribution in [0.25, 0.3) is 0 Å². The summed E-state index contributed by atoms with van der Waals surface area (Å²) in [5, 5.41) is 9.54. The topological polar surface area (TPSA) is 66.8 Å².